The first kappa shape index (κ1) is 24.4. The molecule has 9 unspecified atom stereocenters. The molecule has 5 rings (SSSR count). The molecule has 0 heterocycles. The van der Waals surface area contributed by atoms with Crippen LogP contribution in [0.1, 0.15) is 99.3 Å². The summed E-state index contributed by atoms with van der Waals surface area (Å²) in [5.74, 6) is 3.03. The number of allylic oxidation sites excluding steroid dienone is 3. The Kier molecular flexibility index (Phi) is 5.46. The van der Waals surface area contributed by atoms with E-state index >= 15 is 0 Å². The van der Waals surface area contributed by atoms with Crippen LogP contribution < -0.4 is 5.48 Å². The molecule has 0 aromatic rings. The van der Waals surface area contributed by atoms with E-state index in [4.69, 9.17) is 0 Å². The van der Waals surface area contributed by atoms with E-state index in [-0.39, 0.29) is 16.2 Å². The van der Waals surface area contributed by atoms with Crippen molar-refractivity contribution in [2.45, 2.75) is 99.3 Å². The Hall–Kier alpha value is -1.29. The third-order valence-electron chi connectivity index (χ3n) is 13.1. The minimum atomic E-state index is -0.0311. The van der Waals surface area contributed by atoms with Crippen LogP contribution in [-0.2, 0) is 0 Å². The molecular weight excluding hydrogens is 420 g/mol. The molecule has 0 aliphatic heterocycles. The summed E-state index contributed by atoms with van der Waals surface area (Å²) in [5, 5.41) is 23.2. The SMILES string of the molecule is C=C(C)C1CCC2(C=NO)CCC3(C)C(CCC4C5(C)CC=C(NO)C(C)(C)C5CCC43C)C12. The van der Waals surface area contributed by atoms with Gasteiger partial charge in [0.2, 0.25) is 0 Å². The number of fused-ring (bicyclic) bond motifs is 7. The fourth-order valence-corrected chi connectivity index (χ4v) is 11.3. The van der Waals surface area contributed by atoms with Crippen molar-refractivity contribution in [2.75, 3.05) is 0 Å². The van der Waals surface area contributed by atoms with Gasteiger partial charge >= 0.3 is 0 Å². The lowest BCUT2D eigenvalue weighted by Crippen LogP contribution is -2.65. The number of hydrogen-bond donors (Lipinski definition) is 3. The smallest absolute Gasteiger partial charge is 0.0500 e. The minimum absolute atomic E-state index is 0.0311. The predicted molar refractivity (Wildman–Crippen MR) is 138 cm³/mol. The standard InChI is InChI=1S/C30H48N2O2/c1-19(2)20-10-15-30(18-31-33)17-16-28(6)21(25(20)30)8-9-23-27(5)13-12-24(32-34)26(3,4)22(27)11-14-29(23,28)7/h12,18,20-23,25,32-34H,1,8-11,13-17H2,2-7H3. The second kappa shape index (κ2) is 7.60. The highest BCUT2D eigenvalue weighted by Crippen LogP contribution is 2.77. The van der Waals surface area contributed by atoms with Gasteiger partial charge in [-0.15, -0.1) is 5.16 Å². The number of nitrogens with one attached hydrogen (secondary N) is 1. The topological polar surface area (TPSA) is 64.9 Å². The Morgan fingerprint density at radius 3 is 2.38 bits per heavy atom. The van der Waals surface area contributed by atoms with Gasteiger partial charge in [-0.25, -0.2) is 0 Å². The average molecular weight is 469 g/mol. The molecule has 4 saturated carbocycles. The zero-order valence-corrected chi connectivity index (χ0v) is 22.5. The maximum atomic E-state index is 9.85. The van der Waals surface area contributed by atoms with Crippen LogP contribution in [0.25, 0.3) is 0 Å². The van der Waals surface area contributed by atoms with Crippen molar-refractivity contribution in [1.29, 1.82) is 0 Å². The molecule has 5 aliphatic carbocycles. The Labute approximate surface area is 207 Å². The van der Waals surface area contributed by atoms with Gasteiger partial charge in [0.15, 0.2) is 0 Å². The minimum Gasteiger partial charge on any atom is -0.411 e. The second-order valence-electron chi connectivity index (χ2n) is 14.3. The molecule has 4 nitrogen and oxygen atoms in total. The van der Waals surface area contributed by atoms with Crippen LogP contribution in [0.4, 0.5) is 0 Å². The maximum Gasteiger partial charge on any atom is 0.0500 e. The normalized spacial score (nSPS) is 51.6. The lowest BCUT2D eigenvalue weighted by Gasteiger charge is -2.72. The Bertz CT molecular complexity index is 923. The van der Waals surface area contributed by atoms with E-state index in [1.165, 1.54) is 44.1 Å². The molecule has 190 valence electrons. The highest BCUT2D eigenvalue weighted by atomic mass is 16.5. The molecule has 3 N–H and O–H groups in total. The highest BCUT2D eigenvalue weighted by Gasteiger charge is 2.70. The molecule has 34 heavy (non-hydrogen) atoms. The van der Waals surface area contributed by atoms with E-state index in [2.05, 4.69) is 64.8 Å². The molecular formula is C30H48N2O2. The van der Waals surface area contributed by atoms with Gasteiger partial charge < -0.3 is 5.21 Å². The van der Waals surface area contributed by atoms with Gasteiger partial charge in [-0.3, -0.25) is 10.7 Å². The van der Waals surface area contributed by atoms with Gasteiger partial charge in [0.1, 0.15) is 0 Å². The van der Waals surface area contributed by atoms with Crippen LogP contribution in [0.15, 0.2) is 29.1 Å². The Morgan fingerprint density at radius 2 is 1.74 bits per heavy atom. The molecule has 0 radical (unpaired) electrons. The summed E-state index contributed by atoms with van der Waals surface area (Å²) in [6.45, 7) is 19.2. The summed E-state index contributed by atoms with van der Waals surface area (Å²) >= 11 is 0. The van der Waals surface area contributed by atoms with Crippen molar-refractivity contribution in [3.05, 3.63) is 23.9 Å². The number of hydrogen-bond acceptors (Lipinski definition) is 4. The molecule has 0 aromatic carbocycles. The number of nitrogens with zero attached hydrogens (tertiary/aromatic N) is 1. The van der Waals surface area contributed by atoms with Crippen LogP contribution in [0.3, 0.4) is 0 Å². The summed E-state index contributed by atoms with van der Waals surface area (Å²) in [4.78, 5) is 0. The van der Waals surface area contributed by atoms with Crippen molar-refractivity contribution in [3.8, 4) is 0 Å². The van der Waals surface area contributed by atoms with Crippen molar-refractivity contribution in [1.82, 2.24) is 5.48 Å². The van der Waals surface area contributed by atoms with Crippen LogP contribution >= 0.6 is 0 Å². The summed E-state index contributed by atoms with van der Waals surface area (Å²) in [6, 6.07) is 0. The number of oxime groups is 1. The predicted octanol–water partition coefficient (Wildman–Crippen LogP) is 7.58. The maximum absolute atomic E-state index is 9.85. The zero-order chi connectivity index (χ0) is 24.7. The first-order valence-electron chi connectivity index (χ1n) is 13.9. The van der Waals surface area contributed by atoms with Gasteiger partial charge in [0.05, 0.1) is 6.21 Å². The largest absolute Gasteiger partial charge is 0.411 e. The fourth-order valence-electron chi connectivity index (χ4n) is 11.3. The van der Waals surface area contributed by atoms with Crippen LogP contribution in [0, 0.1) is 56.7 Å². The molecule has 0 spiro atoms. The van der Waals surface area contributed by atoms with Gasteiger partial charge in [-0.05, 0) is 111 Å². The first-order valence-corrected chi connectivity index (χ1v) is 13.9. The van der Waals surface area contributed by atoms with Crippen LogP contribution in [0.5, 0.6) is 0 Å². The quantitative estimate of drug-likeness (QED) is 0.173. The third-order valence-corrected chi connectivity index (χ3v) is 13.1. The Balaban J connectivity index is 1.56. The van der Waals surface area contributed by atoms with Gasteiger partial charge in [0.25, 0.3) is 0 Å². The summed E-state index contributed by atoms with van der Waals surface area (Å²) in [6.07, 6.45) is 15.1. The van der Waals surface area contributed by atoms with E-state index < -0.39 is 0 Å². The molecule has 0 saturated heterocycles. The number of hydroxylamine groups is 1. The Morgan fingerprint density at radius 1 is 1.00 bits per heavy atom. The van der Waals surface area contributed by atoms with E-state index in [1.807, 2.05) is 6.21 Å². The molecule has 9 atom stereocenters. The van der Waals surface area contributed by atoms with E-state index in [0.717, 1.165) is 25.0 Å². The molecule has 0 amide bonds. The zero-order valence-electron chi connectivity index (χ0n) is 22.5. The van der Waals surface area contributed by atoms with Crippen molar-refractivity contribution in [3.63, 3.8) is 0 Å². The van der Waals surface area contributed by atoms with Gasteiger partial charge in [0, 0.05) is 16.5 Å². The number of rotatable bonds is 3. The van der Waals surface area contributed by atoms with Gasteiger partial charge in [-0.2, -0.15) is 0 Å². The van der Waals surface area contributed by atoms with Crippen molar-refractivity contribution >= 4 is 6.21 Å². The monoisotopic (exact) mass is 468 g/mol. The average Bonchev–Trinajstić information content (AvgIpc) is 3.14. The molecule has 0 bridgehead atoms. The highest BCUT2D eigenvalue weighted by molar-refractivity contribution is 5.67. The van der Waals surface area contributed by atoms with E-state index in [0.29, 0.717) is 40.4 Å². The first-order chi connectivity index (χ1) is 15.9. The lowest BCUT2D eigenvalue weighted by atomic mass is 9.32. The summed E-state index contributed by atoms with van der Waals surface area (Å²) in [5.41, 5.74) is 5.77. The fraction of sp³-hybridized carbons (Fsp3) is 0.833. The molecule has 5 aliphatic rings. The van der Waals surface area contributed by atoms with Crippen LogP contribution in [0.2, 0.25) is 0 Å². The molecule has 4 fully saturated rings. The summed E-state index contributed by atoms with van der Waals surface area (Å²) < 4.78 is 0. The molecule has 4 heteroatoms. The van der Waals surface area contributed by atoms with Crippen LogP contribution in [-0.4, -0.2) is 16.6 Å². The lowest BCUT2D eigenvalue weighted by molar-refractivity contribution is -0.222. The molecule has 0 aromatic heterocycles. The third kappa shape index (κ3) is 2.84. The van der Waals surface area contributed by atoms with E-state index in [1.54, 1.807) is 0 Å². The van der Waals surface area contributed by atoms with Gasteiger partial charge in [-0.1, -0.05) is 52.8 Å². The van der Waals surface area contributed by atoms with E-state index in [9.17, 15) is 10.4 Å². The second-order valence-corrected chi connectivity index (χ2v) is 14.3. The van der Waals surface area contributed by atoms with Crippen molar-refractivity contribution < 1.29 is 10.4 Å². The van der Waals surface area contributed by atoms with Crippen molar-refractivity contribution in [2.24, 2.45) is 61.8 Å². The summed E-state index contributed by atoms with van der Waals surface area (Å²) in [7, 11) is 0.